The molecule has 116 valence electrons. The van der Waals surface area contributed by atoms with Crippen molar-refractivity contribution in [2.75, 3.05) is 10.6 Å². The summed E-state index contributed by atoms with van der Waals surface area (Å²) in [6, 6.07) is 13.6. The highest BCUT2D eigenvalue weighted by Gasteiger charge is 2.07. The maximum absolute atomic E-state index is 11.2. The lowest BCUT2D eigenvalue weighted by Gasteiger charge is -2.11. The average molecular weight is 336 g/mol. The van der Waals surface area contributed by atoms with E-state index in [4.69, 9.17) is 23.1 Å². The number of nitrogens with one attached hydrogen (secondary N) is 2. The Labute approximate surface area is 134 Å². The van der Waals surface area contributed by atoms with E-state index < -0.39 is 10.0 Å². The molecule has 0 heterocycles. The molecule has 2 aromatic rings. The molecule has 6 nitrogen and oxygen atoms in total. The monoisotopic (exact) mass is 336 g/mol. The highest BCUT2D eigenvalue weighted by Crippen LogP contribution is 2.14. The molecule has 0 saturated heterocycles. The van der Waals surface area contributed by atoms with E-state index in [0.717, 1.165) is 11.3 Å². The molecule has 6 N–H and O–H groups in total. The second-order valence-corrected chi connectivity index (χ2v) is 6.52. The molecule has 0 amide bonds. The van der Waals surface area contributed by atoms with Crippen LogP contribution in [0.1, 0.15) is 5.56 Å². The molecule has 0 aliphatic carbocycles. The smallest absolute Gasteiger partial charge is 0.238 e. The second kappa shape index (κ2) is 6.84. The van der Waals surface area contributed by atoms with Gasteiger partial charge in [0.05, 0.1) is 4.90 Å². The zero-order valence-corrected chi connectivity index (χ0v) is 13.2. The summed E-state index contributed by atoms with van der Waals surface area (Å²) < 4.78 is 22.3. The molecular formula is C14H16N4O2S2. The normalized spacial score (nSPS) is 11.0. The van der Waals surface area contributed by atoms with Crippen molar-refractivity contribution in [1.82, 2.24) is 0 Å². The minimum atomic E-state index is -3.69. The molecular weight excluding hydrogens is 320 g/mol. The predicted molar refractivity (Wildman–Crippen MR) is 92.0 cm³/mol. The van der Waals surface area contributed by atoms with Crippen LogP contribution >= 0.6 is 12.2 Å². The third-order valence-corrected chi connectivity index (χ3v) is 4.02. The van der Waals surface area contributed by atoms with Gasteiger partial charge in [-0.2, -0.15) is 0 Å². The van der Waals surface area contributed by atoms with Crippen molar-refractivity contribution in [2.45, 2.75) is 11.4 Å². The number of hydrogen-bond donors (Lipinski definition) is 4. The van der Waals surface area contributed by atoms with E-state index >= 15 is 0 Å². The number of hydrogen-bond acceptors (Lipinski definition) is 4. The van der Waals surface area contributed by atoms with Crippen molar-refractivity contribution in [3.8, 4) is 0 Å². The van der Waals surface area contributed by atoms with Crippen LogP contribution in [0.15, 0.2) is 53.4 Å². The number of benzene rings is 2. The van der Waals surface area contributed by atoms with Crippen molar-refractivity contribution < 1.29 is 8.42 Å². The Bertz CT molecular complexity index is 756. The Morgan fingerprint density at radius 3 is 1.82 bits per heavy atom. The van der Waals surface area contributed by atoms with Gasteiger partial charge in [0.1, 0.15) is 0 Å². The van der Waals surface area contributed by atoms with Gasteiger partial charge in [-0.25, -0.2) is 13.6 Å². The van der Waals surface area contributed by atoms with Crippen LogP contribution in [0.4, 0.5) is 11.4 Å². The fourth-order valence-corrected chi connectivity index (χ4v) is 2.50. The highest BCUT2D eigenvalue weighted by atomic mass is 32.2. The molecule has 0 saturated carbocycles. The Kier molecular flexibility index (Phi) is 5.09. The van der Waals surface area contributed by atoms with Gasteiger partial charge in [0.15, 0.2) is 5.11 Å². The average Bonchev–Trinajstić information content (AvgIpc) is 2.47. The van der Waals surface area contributed by atoms with Crippen LogP contribution in [0.25, 0.3) is 0 Å². The lowest BCUT2D eigenvalue weighted by molar-refractivity contribution is 0.598. The van der Waals surface area contributed by atoms with Crippen molar-refractivity contribution in [2.24, 2.45) is 10.9 Å². The first kappa shape index (κ1) is 16.4. The first-order valence-electron chi connectivity index (χ1n) is 6.38. The van der Waals surface area contributed by atoms with Gasteiger partial charge in [0.2, 0.25) is 10.0 Å². The van der Waals surface area contributed by atoms with Crippen LogP contribution in [0.2, 0.25) is 0 Å². The quantitative estimate of drug-likeness (QED) is 0.631. The fraction of sp³-hybridized carbons (Fsp3) is 0.0714. The van der Waals surface area contributed by atoms with E-state index in [1.807, 2.05) is 24.3 Å². The maximum atomic E-state index is 11.2. The van der Waals surface area contributed by atoms with Crippen molar-refractivity contribution in [1.29, 1.82) is 0 Å². The number of nitrogens with two attached hydrogens (primary N) is 2. The standard InChI is InChI=1S/C14H16N4O2S2/c15-9-10-1-3-11(4-2-10)17-14(21)18-12-5-7-13(8-6-12)22(16,19)20/h1-8H,9,15H2,(H2,16,19,20)(H2,17,18,21). The van der Waals surface area contributed by atoms with Crippen LogP contribution < -0.4 is 21.5 Å². The van der Waals surface area contributed by atoms with E-state index in [0.29, 0.717) is 17.3 Å². The Hall–Kier alpha value is -2.00. The van der Waals surface area contributed by atoms with Gasteiger partial charge in [-0.3, -0.25) is 0 Å². The molecule has 0 unspecified atom stereocenters. The second-order valence-electron chi connectivity index (χ2n) is 4.55. The van der Waals surface area contributed by atoms with Crippen molar-refractivity contribution in [3.63, 3.8) is 0 Å². The summed E-state index contributed by atoms with van der Waals surface area (Å²) in [7, 11) is -3.69. The Balaban J connectivity index is 1.99. The van der Waals surface area contributed by atoms with E-state index in [1.54, 1.807) is 12.1 Å². The largest absolute Gasteiger partial charge is 0.332 e. The molecule has 0 radical (unpaired) electrons. The molecule has 0 atom stereocenters. The van der Waals surface area contributed by atoms with Gasteiger partial charge in [-0.1, -0.05) is 12.1 Å². The molecule has 8 heteroatoms. The number of anilines is 2. The van der Waals surface area contributed by atoms with E-state index in [2.05, 4.69) is 10.6 Å². The van der Waals surface area contributed by atoms with E-state index in [-0.39, 0.29) is 4.90 Å². The summed E-state index contributed by atoms with van der Waals surface area (Å²) in [5, 5.41) is 11.4. The first-order chi connectivity index (χ1) is 10.4. The molecule has 0 bridgehead atoms. The van der Waals surface area contributed by atoms with Crippen molar-refractivity contribution >= 4 is 38.7 Å². The minimum Gasteiger partial charge on any atom is -0.332 e. The molecule has 2 aromatic carbocycles. The number of primary sulfonamides is 1. The van der Waals surface area contributed by atoms with Crippen LogP contribution in [0.5, 0.6) is 0 Å². The zero-order chi connectivity index (χ0) is 16.2. The third-order valence-electron chi connectivity index (χ3n) is 2.89. The summed E-state index contributed by atoms with van der Waals surface area (Å²) in [6.45, 7) is 0.485. The fourth-order valence-electron chi connectivity index (χ4n) is 1.75. The number of rotatable bonds is 4. The molecule has 2 rings (SSSR count). The summed E-state index contributed by atoms with van der Waals surface area (Å²) in [6.07, 6.45) is 0. The number of sulfonamides is 1. The molecule has 22 heavy (non-hydrogen) atoms. The van der Waals surface area contributed by atoms with Crippen LogP contribution in [0, 0.1) is 0 Å². The van der Waals surface area contributed by atoms with Crippen LogP contribution in [0.3, 0.4) is 0 Å². The van der Waals surface area contributed by atoms with Crippen LogP contribution in [-0.4, -0.2) is 13.5 Å². The van der Waals surface area contributed by atoms with Crippen molar-refractivity contribution in [3.05, 3.63) is 54.1 Å². The molecule has 0 aliphatic rings. The minimum absolute atomic E-state index is 0.0503. The van der Waals surface area contributed by atoms with Gasteiger partial charge >= 0.3 is 0 Å². The predicted octanol–water partition coefficient (Wildman–Crippen LogP) is 1.60. The van der Waals surface area contributed by atoms with Gasteiger partial charge in [0.25, 0.3) is 0 Å². The maximum Gasteiger partial charge on any atom is 0.238 e. The van der Waals surface area contributed by atoms with Gasteiger partial charge < -0.3 is 16.4 Å². The third kappa shape index (κ3) is 4.50. The summed E-state index contributed by atoms with van der Waals surface area (Å²) in [5.74, 6) is 0. The Morgan fingerprint density at radius 1 is 0.955 bits per heavy atom. The van der Waals surface area contributed by atoms with Crippen LogP contribution in [-0.2, 0) is 16.6 Å². The van der Waals surface area contributed by atoms with E-state index in [9.17, 15) is 8.42 Å². The first-order valence-corrected chi connectivity index (χ1v) is 8.34. The number of thiocarbonyl (C=S) groups is 1. The summed E-state index contributed by atoms with van der Waals surface area (Å²) in [4.78, 5) is 0.0503. The summed E-state index contributed by atoms with van der Waals surface area (Å²) in [5.41, 5.74) is 8.05. The summed E-state index contributed by atoms with van der Waals surface area (Å²) >= 11 is 5.20. The topological polar surface area (TPSA) is 110 Å². The molecule has 0 aliphatic heterocycles. The highest BCUT2D eigenvalue weighted by molar-refractivity contribution is 7.89. The molecule has 0 fully saturated rings. The van der Waals surface area contributed by atoms with Gasteiger partial charge in [-0.05, 0) is 54.2 Å². The van der Waals surface area contributed by atoms with Gasteiger partial charge in [0, 0.05) is 17.9 Å². The van der Waals surface area contributed by atoms with Gasteiger partial charge in [-0.15, -0.1) is 0 Å². The van der Waals surface area contributed by atoms with E-state index in [1.165, 1.54) is 12.1 Å². The lowest BCUT2D eigenvalue weighted by atomic mass is 10.2. The zero-order valence-electron chi connectivity index (χ0n) is 11.6. The SMILES string of the molecule is NCc1ccc(NC(=S)Nc2ccc(S(N)(=O)=O)cc2)cc1. The molecule has 0 spiro atoms. The molecule has 0 aromatic heterocycles. The lowest BCUT2D eigenvalue weighted by Crippen LogP contribution is -2.19. The Morgan fingerprint density at radius 2 is 1.41 bits per heavy atom.